The van der Waals surface area contributed by atoms with Crippen LogP contribution in [0.15, 0.2) is 40.9 Å². The van der Waals surface area contributed by atoms with Gasteiger partial charge in [0.25, 0.3) is 0 Å². The van der Waals surface area contributed by atoms with Crippen LogP contribution < -0.4 is 0 Å². The first kappa shape index (κ1) is 10.6. The first-order chi connectivity index (χ1) is 7.24. The van der Waals surface area contributed by atoms with Gasteiger partial charge in [-0.3, -0.25) is 0 Å². The Morgan fingerprint density at radius 1 is 1.00 bits per heavy atom. The minimum Gasteiger partial charge on any atom is -0.154 e. The standard InChI is InChI=1S/C11H8BrClN2/c12-9-3-1-8(2-4-9)7-10-5-6-11(13)15-14-10/h1-6H,7H2. The molecule has 0 unspecified atom stereocenters. The molecule has 4 heteroatoms. The second-order valence-electron chi connectivity index (χ2n) is 3.15. The summed E-state index contributed by atoms with van der Waals surface area (Å²) in [5.74, 6) is 0. The van der Waals surface area contributed by atoms with Crippen molar-refractivity contribution in [2.75, 3.05) is 0 Å². The molecule has 0 atom stereocenters. The van der Waals surface area contributed by atoms with E-state index in [1.807, 2.05) is 18.2 Å². The maximum absolute atomic E-state index is 5.66. The molecule has 1 aromatic carbocycles. The first-order valence-corrected chi connectivity index (χ1v) is 5.64. The second-order valence-corrected chi connectivity index (χ2v) is 4.45. The Kier molecular flexibility index (Phi) is 3.34. The highest BCUT2D eigenvalue weighted by molar-refractivity contribution is 9.10. The topological polar surface area (TPSA) is 25.8 Å². The predicted molar refractivity (Wildman–Crippen MR) is 64.0 cm³/mol. The lowest BCUT2D eigenvalue weighted by Crippen LogP contribution is -1.93. The predicted octanol–water partition coefficient (Wildman–Crippen LogP) is 3.48. The van der Waals surface area contributed by atoms with Crippen molar-refractivity contribution in [2.24, 2.45) is 0 Å². The van der Waals surface area contributed by atoms with Crippen molar-refractivity contribution in [3.8, 4) is 0 Å². The van der Waals surface area contributed by atoms with Crippen LogP contribution in [0.25, 0.3) is 0 Å². The molecule has 1 aromatic heterocycles. The molecule has 2 aromatic rings. The van der Waals surface area contributed by atoms with Crippen molar-refractivity contribution in [1.82, 2.24) is 10.2 Å². The molecule has 2 rings (SSSR count). The van der Waals surface area contributed by atoms with E-state index in [1.54, 1.807) is 6.07 Å². The van der Waals surface area contributed by atoms with Gasteiger partial charge in [0.05, 0.1) is 5.69 Å². The summed E-state index contributed by atoms with van der Waals surface area (Å²) in [7, 11) is 0. The Balaban J connectivity index is 2.15. The molecule has 0 bridgehead atoms. The molecule has 0 saturated carbocycles. The Hall–Kier alpha value is -0.930. The van der Waals surface area contributed by atoms with E-state index in [0.29, 0.717) is 5.15 Å². The lowest BCUT2D eigenvalue weighted by atomic mass is 10.1. The van der Waals surface area contributed by atoms with E-state index in [9.17, 15) is 0 Å². The fraction of sp³-hybridized carbons (Fsp3) is 0.0909. The fourth-order valence-corrected chi connectivity index (χ4v) is 1.61. The number of benzene rings is 1. The van der Waals surface area contributed by atoms with E-state index in [2.05, 4.69) is 38.3 Å². The fourth-order valence-electron chi connectivity index (χ4n) is 1.25. The molecule has 0 aliphatic rings. The van der Waals surface area contributed by atoms with E-state index >= 15 is 0 Å². The summed E-state index contributed by atoms with van der Waals surface area (Å²) in [5.41, 5.74) is 2.12. The Morgan fingerprint density at radius 3 is 2.33 bits per heavy atom. The number of nitrogens with zero attached hydrogens (tertiary/aromatic N) is 2. The Labute approximate surface area is 101 Å². The zero-order valence-electron chi connectivity index (χ0n) is 7.82. The molecular weight excluding hydrogens is 275 g/mol. The number of rotatable bonds is 2. The molecule has 0 N–H and O–H groups in total. The number of hydrogen-bond donors (Lipinski definition) is 0. The third kappa shape index (κ3) is 3.01. The second kappa shape index (κ2) is 4.73. The number of halogens is 2. The van der Waals surface area contributed by atoms with Gasteiger partial charge in [-0.25, -0.2) is 0 Å². The zero-order chi connectivity index (χ0) is 10.7. The zero-order valence-corrected chi connectivity index (χ0v) is 10.2. The molecule has 1 heterocycles. The lowest BCUT2D eigenvalue weighted by Gasteiger charge is -2.00. The van der Waals surface area contributed by atoms with Gasteiger partial charge in [0, 0.05) is 10.9 Å². The molecule has 2 nitrogen and oxygen atoms in total. The maximum atomic E-state index is 5.66. The highest BCUT2D eigenvalue weighted by Crippen LogP contribution is 2.13. The summed E-state index contributed by atoms with van der Waals surface area (Å²) in [6.45, 7) is 0. The summed E-state index contributed by atoms with van der Waals surface area (Å²) in [4.78, 5) is 0. The van der Waals surface area contributed by atoms with Crippen LogP contribution in [0.3, 0.4) is 0 Å². The van der Waals surface area contributed by atoms with Gasteiger partial charge >= 0.3 is 0 Å². The average molecular weight is 284 g/mol. The molecule has 15 heavy (non-hydrogen) atoms. The van der Waals surface area contributed by atoms with Crippen LogP contribution in [-0.2, 0) is 6.42 Å². The molecule has 0 amide bonds. The SMILES string of the molecule is Clc1ccc(Cc2ccc(Br)cc2)nn1. The van der Waals surface area contributed by atoms with Crippen LogP contribution in [-0.4, -0.2) is 10.2 Å². The first-order valence-electron chi connectivity index (χ1n) is 4.46. The summed E-state index contributed by atoms with van der Waals surface area (Å²) in [6.07, 6.45) is 0.775. The lowest BCUT2D eigenvalue weighted by molar-refractivity contribution is 0.937. The normalized spacial score (nSPS) is 10.3. The van der Waals surface area contributed by atoms with E-state index in [4.69, 9.17) is 11.6 Å². The van der Waals surface area contributed by atoms with Crippen LogP contribution in [0.1, 0.15) is 11.3 Å². The highest BCUT2D eigenvalue weighted by Gasteiger charge is 1.98. The van der Waals surface area contributed by atoms with Crippen molar-refractivity contribution in [3.05, 3.63) is 57.3 Å². The monoisotopic (exact) mass is 282 g/mol. The van der Waals surface area contributed by atoms with E-state index in [-0.39, 0.29) is 0 Å². The van der Waals surface area contributed by atoms with Crippen LogP contribution in [0.2, 0.25) is 5.15 Å². The van der Waals surface area contributed by atoms with Gasteiger partial charge in [-0.15, -0.1) is 5.10 Å². The van der Waals surface area contributed by atoms with Crippen molar-refractivity contribution in [3.63, 3.8) is 0 Å². The van der Waals surface area contributed by atoms with Gasteiger partial charge in [-0.1, -0.05) is 39.7 Å². The molecule has 0 radical (unpaired) electrons. The Morgan fingerprint density at radius 2 is 1.73 bits per heavy atom. The van der Waals surface area contributed by atoms with Crippen molar-refractivity contribution in [1.29, 1.82) is 0 Å². The summed E-state index contributed by atoms with van der Waals surface area (Å²) in [6, 6.07) is 11.8. The van der Waals surface area contributed by atoms with Crippen molar-refractivity contribution in [2.45, 2.75) is 6.42 Å². The van der Waals surface area contributed by atoms with Gasteiger partial charge in [-0.2, -0.15) is 5.10 Å². The molecule has 0 fully saturated rings. The molecule has 0 aliphatic heterocycles. The van der Waals surface area contributed by atoms with E-state index < -0.39 is 0 Å². The number of aromatic nitrogens is 2. The van der Waals surface area contributed by atoms with Gasteiger partial charge in [0.15, 0.2) is 5.15 Å². The van der Waals surface area contributed by atoms with Crippen LogP contribution in [0.4, 0.5) is 0 Å². The van der Waals surface area contributed by atoms with Gasteiger partial charge < -0.3 is 0 Å². The third-order valence-corrected chi connectivity index (χ3v) is 2.72. The largest absolute Gasteiger partial charge is 0.154 e. The van der Waals surface area contributed by atoms with Crippen molar-refractivity contribution >= 4 is 27.5 Å². The third-order valence-electron chi connectivity index (χ3n) is 1.99. The van der Waals surface area contributed by atoms with Crippen LogP contribution >= 0.6 is 27.5 Å². The highest BCUT2D eigenvalue weighted by atomic mass is 79.9. The van der Waals surface area contributed by atoms with Gasteiger partial charge in [0.1, 0.15) is 0 Å². The smallest absolute Gasteiger partial charge is 0.151 e. The van der Waals surface area contributed by atoms with E-state index in [1.165, 1.54) is 5.56 Å². The number of hydrogen-bond acceptors (Lipinski definition) is 2. The molecule has 0 aliphatic carbocycles. The van der Waals surface area contributed by atoms with Gasteiger partial charge in [-0.05, 0) is 29.8 Å². The quantitative estimate of drug-likeness (QED) is 0.843. The minimum absolute atomic E-state index is 0.426. The maximum Gasteiger partial charge on any atom is 0.151 e. The van der Waals surface area contributed by atoms with Gasteiger partial charge in [0.2, 0.25) is 0 Å². The molecule has 0 spiro atoms. The van der Waals surface area contributed by atoms with Crippen molar-refractivity contribution < 1.29 is 0 Å². The molecular formula is C11H8BrClN2. The summed E-state index contributed by atoms with van der Waals surface area (Å²) < 4.78 is 1.08. The van der Waals surface area contributed by atoms with Crippen LogP contribution in [0.5, 0.6) is 0 Å². The summed E-state index contributed by atoms with van der Waals surface area (Å²) in [5, 5.41) is 8.23. The average Bonchev–Trinajstić information content (AvgIpc) is 2.25. The molecule has 0 saturated heterocycles. The minimum atomic E-state index is 0.426. The Bertz CT molecular complexity index is 396. The molecule has 76 valence electrons. The van der Waals surface area contributed by atoms with E-state index in [0.717, 1.165) is 16.6 Å². The summed E-state index contributed by atoms with van der Waals surface area (Å²) >= 11 is 9.05. The van der Waals surface area contributed by atoms with Crippen LogP contribution in [0, 0.1) is 0 Å².